The second-order valence-electron chi connectivity index (χ2n) is 6.97. The van der Waals surface area contributed by atoms with E-state index in [-0.39, 0.29) is 10.8 Å². The average molecular weight is 468 g/mol. The summed E-state index contributed by atoms with van der Waals surface area (Å²) >= 11 is 1.23. The Kier molecular flexibility index (Phi) is 6.11. The van der Waals surface area contributed by atoms with Gasteiger partial charge in [-0.3, -0.25) is 14.8 Å². The summed E-state index contributed by atoms with van der Waals surface area (Å²) in [6.07, 6.45) is 0.830. The highest BCUT2D eigenvalue weighted by molar-refractivity contribution is 7.92. The average Bonchev–Trinajstić information content (AvgIpc) is 3.21. The van der Waals surface area contributed by atoms with E-state index in [4.69, 9.17) is 4.74 Å². The van der Waals surface area contributed by atoms with E-state index in [0.717, 1.165) is 12.0 Å². The topological polar surface area (TPSA) is 97.4 Å². The molecule has 4 rings (SSSR count). The fourth-order valence-electron chi connectivity index (χ4n) is 3.14. The summed E-state index contributed by atoms with van der Waals surface area (Å²) in [5.41, 5.74) is 2.46. The summed E-state index contributed by atoms with van der Waals surface area (Å²) in [6.45, 7) is 2.01. The number of carbonyl (C=O) groups excluding carboxylic acids is 1. The highest BCUT2D eigenvalue weighted by atomic mass is 32.2. The van der Waals surface area contributed by atoms with Gasteiger partial charge >= 0.3 is 0 Å². The number of nitrogens with zero attached hydrogens (tertiary/aromatic N) is 1. The van der Waals surface area contributed by atoms with Crippen molar-refractivity contribution < 1.29 is 17.9 Å². The third-order valence-corrected chi connectivity index (χ3v) is 7.15. The quantitative estimate of drug-likeness (QED) is 0.402. The summed E-state index contributed by atoms with van der Waals surface area (Å²) in [5.74, 6) is 0.123. The molecule has 1 amide bonds. The van der Waals surface area contributed by atoms with Crippen LogP contribution in [0.3, 0.4) is 0 Å². The van der Waals surface area contributed by atoms with E-state index in [2.05, 4.69) is 15.0 Å². The summed E-state index contributed by atoms with van der Waals surface area (Å²) in [5, 5.41) is 3.17. The predicted octanol–water partition coefficient (Wildman–Crippen LogP) is 4.92. The number of hydrogen-bond acceptors (Lipinski definition) is 6. The number of fused-ring (bicyclic) bond motifs is 1. The van der Waals surface area contributed by atoms with Crippen LogP contribution in [0, 0.1) is 0 Å². The molecule has 1 heterocycles. The van der Waals surface area contributed by atoms with Crippen LogP contribution in [-0.4, -0.2) is 26.4 Å². The van der Waals surface area contributed by atoms with Gasteiger partial charge in [0.05, 0.1) is 22.4 Å². The number of benzene rings is 3. The molecular weight excluding hydrogens is 446 g/mol. The number of aryl methyl sites for hydroxylation is 1. The monoisotopic (exact) mass is 467 g/mol. The summed E-state index contributed by atoms with van der Waals surface area (Å²) < 4.78 is 34.3. The van der Waals surface area contributed by atoms with E-state index < -0.39 is 10.0 Å². The van der Waals surface area contributed by atoms with Crippen LogP contribution in [-0.2, 0) is 16.4 Å². The third kappa shape index (κ3) is 4.58. The van der Waals surface area contributed by atoms with Crippen LogP contribution in [0.25, 0.3) is 10.2 Å². The highest BCUT2D eigenvalue weighted by Gasteiger charge is 2.18. The number of nitrogens with one attached hydrogen (secondary N) is 2. The highest BCUT2D eigenvalue weighted by Crippen LogP contribution is 2.36. The Hall–Kier alpha value is -3.43. The number of amides is 1. The van der Waals surface area contributed by atoms with Gasteiger partial charge in [0, 0.05) is 11.6 Å². The van der Waals surface area contributed by atoms with Crippen molar-refractivity contribution in [3.8, 4) is 5.75 Å². The van der Waals surface area contributed by atoms with Crippen molar-refractivity contribution in [3.05, 3.63) is 77.9 Å². The molecule has 7 nitrogen and oxygen atoms in total. The van der Waals surface area contributed by atoms with Crippen LogP contribution in [0.2, 0.25) is 0 Å². The number of hydrogen-bond donors (Lipinski definition) is 2. The van der Waals surface area contributed by atoms with E-state index >= 15 is 0 Å². The maximum Gasteiger partial charge on any atom is 0.261 e. The molecule has 0 bridgehead atoms. The Balaban J connectivity index is 1.62. The maximum absolute atomic E-state index is 12.8. The van der Waals surface area contributed by atoms with Crippen LogP contribution < -0.4 is 14.8 Å². The van der Waals surface area contributed by atoms with Crippen molar-refractivity contribution in [1.29, 1.82) is 0 Å². The lowest BCUT2D eigenvalue weighted by Crippen LogP contribution is -2.13. The first-order chi connectivity index (χ1) is 15.4. The van der Waals surface area contributed by atoms with Gasteiger partial charge in [0.25, 0.3) is 15.9 Å². The van der Waals surface area contributed by atoms with Crippen molar-refractivity contribution in [2.45, 2.75) is 18.2 Å². The van der Waals surface area contributed by atoms with E-state index in [9.17, 15) is 13.2 Å². The summed E-state index contributed by atoms with van der Waals surface area (Å²) in [7, 11) is -2.29. The van der Waals surface area contributed by atoms with Crippen LogP contribution in [0.4, 0.5) is 10.8 Å². The Bertz CT molecular complexity index is 1370. The fraction of sp³-hybridized carbons (Fsp3) is 0.130. The number of sulfonamides is 1. The lowest BCUT2D eigenvalue weighted by Gasteiger charge is -2.10. The Labute approximate surface area is 190 Å². The molecule has 3 aromatic carbocycles. The Morgan fingerprint density at radius 2 is 1.78 bits per heavy atom. The molecule has 2 N–H and O–H groups in total. The van der Waals surface area contributed by atoms with Gasteiger partial charge in [0.2, 0.25) is 0 Å². The molecule has 164 valence electrons. The first-order valence-electron chi connectivity index (χ1n) is 9.86. The van der Waals surface area contributed by atoms with Crippen molar-refractivity contribution in [2.24, 2.45) is 0 Å². The molecule has 0 aliphatic heterocycles. The number of methoxy groups -OCH3 is 1. The first-order valence-corrected chi connectivity index (χ1v) is 12.2. The number of thiazole rings is 1. The molecule has 0 aliphatic carbocycles. The van der Waals surface area contributed by atoms with Gasteiger partial charge in [0.1, 0.15) is 11.3 Å². The smallest absolute Gasteiger partial charge is 0.261 e. The zero-order valence-corrected chi connectivity index (χ0v) is 19.1. The van der Waals surface area contributed by atoms with Gasteiger partial charge in [-0.25, -0.2) is 13.4 Å². The molecule has 0 atom stereocenters. The molecule has 0 saturated heterocycles. The van der Waals surface area contributed by atoms with E-state index in [0.29, 0.717) is 32.3 Å². The van der Waals surface area contributed by atoms with Crippen molar-refractivity contribution in [2.75, 3.05) is 17.1 Å². The third-order valence-electron chi connectivity index (χ3n) is 4.83. The number of anilines is 2. The lowest BCUT2D eigenvalue weighted by atomic mass is 10.2. The van der Waals surface area contributed by atoms with Gasteiger partial charge < -0.3 is 4.74 Å². The molecule has 0 spiro atoms. The normalized spacial score (nSPS) is 11.3. The largest absolute Gasteiger partial charge is 0.494 e. The second kappa shape index (κ2) is 8.97. The van der Waals surface area contributed by atoms with E-state index in [1.165, 1.54) is 18.4 Å². The molecule has 0 saturated carbocycles. The van der Waals surface area contributed by atoms with Gasteiger partial charge in [-0.05, 0) is 42.3 Å². The molecular formula is C23H21N3O4S2. The number of rotatable bonds is 7. The number of aromatic nitrogens is 1. The zero-order valence-electron chi connectivity index (χ0n) is 17.5. The molecule has 32 heavy (non-hydrogen) atoms. The standard InChI is InChI=1S/C23H21N3O4S2/c1-3-15-9-11-18(12-10-15)32(28,29)26-17-13-19(30-2)21-20(14-17)31-23(24-21)25-22(27)16-7-5-4-6-8-16/h4-14,26H,3H2,1-2H3,(H,24,25,27). The Morgan fingerprint density at radius 3 is 2.44 bits per heavy atom. The van der Waals surface area contributed by atoms with Gasteiger partial charge in [0.15, 0.2) is 5.13 Å². The van der Waals surface area contributed by atoms with Crippen LogP contribution in [0.1, 0.15) is 22.8 Å². The Morgan fingerprint density at radius 1 is 1.06 bits per heavy atom. The zero-order chi connectivity index (χ0) is 22.7. The van der Waals surface area contributed by atoms with Crippen LogP contribution in [0.15, 0.2) is 71.6 Å². The molecule has 9 heteroatoms. The number of ether oxygens (including phenoxy) is 1. The van der Waals surface area contributed by atoms with E-state index in [1.54, 1.807) is 60.7 Å². The second-order valence-corrected chi connectivity index (χ2v) is 9.68. The van der Waals surface area contributed by atoms with Gasteiger partial charge in [-0.1, -0.05) is 48.6 Å². The number of carbonyl (C=O) groups is 1. The van der Waals surface area contributed by atoms with E-state index in [1.807, 2.05) is 13.0 Å². The molecule has 1 aromatic heterocycles. The molecule has 0 unspecified atom stereocenters. The van der Waals surface area contributed by atoms with Crippen molar-refractivity contribution >= 4 is 48.3 Å². The van der Waals surface area contributed by atoms with Gasteiger partial charge in [-0.15, -0.1) is 0 Å². The minimum absolute atomic E-state index is 0.175. The lowest BCUT2D eigenvalue weighted by molar-refractivity contribution is 0.102. The minimum atomic E-state index is -3.77. The molecule has 0 radical (unpaired) electrons. The first kappa shape index (κ1) is 21.8. The van der Waals surface area contributed by atoms with Crippen LogP contribution >= 0.6 is 11.3 Å². The molecule has 4 aromatic rings. The van der Waals surface area contributed by atoms with Crippen molar-refractivity contribution in [3.63, 3.8) is 0 Å². The SMILES string of the molecule is CCc1ccc(S(=O)(=O)Nc2cc(OC)c3nc(NC(=O)c4ccccc4)sc3c2)cc1. The van der Waals surface area contributed by atoms with Crippen molar-refractivity contribution in [1.82, 2.24) is 4.98 Å². The van der Waals surface area contributed by atoms with Crippen LogP contribution in [0.5, 0.6) is 5.75 Å². The minimum Gasteiger partial charge on any atom is -0.494 e. The predicted molar refractivity (Wildman–Crippen MR) is 127 cm³/mol. The molecule has 0 fully saturated rings. The maximum atomic E-state index is 12.8. The summed E-state index contributed by atoms with van der Waals surface area (Å²) in [6, 6.07) is 18.8. The van der Waals surface area contributed by atoms with Gasteiger partial charge in [-0.2, -0.15) is 0 Å². The fourth-order valence-corrected chi connectivity index (χ4v) is 5.10. The summed E-state index contributed by atoms with van der Waals surface area (Å²) in [4.78, 5) is 17.1. The molecule has 0 aliphatic rings.